The van der Waals surface area contributed by atoms with E-state index in [-0.39, 0.29) is 0 Å². The predicted molar refractivity (Wildman–Crippen MR) is 61.1 cm³/mol. The fourth-order valence-corrected chi connectivity index (χ4v) is 3.94. The Kier molecular flexibility index (Phi) is 3.48. The van der Waals surface area contributed by atoms with Crippen LogP contribution in [0.3, 0.4) is 0 Å². The van der Waals surface area contributed by atoms with Crippen LogP contribution in [-0.4, -0.2) is 6.54 Å². The third-order valence-corrected chi connectivity index (χ3v) is 4.71. The van der Waals surface area contributed by atoms with E-state index in [1.807, 2.05) is 0 Å². The van der Waals surface area contributed by atoms with E-state index >= 15 is 0 Å². The minimum absolute atomic E-state index is 0.684. The zero-order valence-corrected chi connectivity index (χ0v) is 9.43. The molecule has 2 fully saturated rings. The fraction of sp³-hybridized carbons (Fsp3) is 1.00. The summed E-state index contributed by atoms with van der Waals surface area (Å²) in [5, 5.41) is 0. The quantitative estimate of drug-likeness (QED) is 0.733. The topological polar surface area (TPSA) is 26.0 Å². The molecule has 82 valence electrons. The molecule has 1 nitrogen and oxygen atoms in total. The minimum atomic E-state index is 0.684. The standard InChI is InChI=1S/C13H25N/c14-11-10-13(8-4-1-5-9-13)12-6-2-3-7-12/h12H,1-11,14H2. The van der Waals surface area contributed by atoms with Gasteiger partial charge in [0.25, 0.3) is 0 Å². The van der Waals surface area contributed by atoms with Gasteiger partial charge in [0, 0.05) is 0 Å². The zero-order valence-electron chi connectivity index (χ0n) is 9.43. The van der Waals surface area contributed by atoms with Crippen LogP contribution in [0, 0.1) is 11.3 Å². The molecule has 0 aromatic heterocycles. The molecule has 0 spiro atoms. The van der Waals surface area contributed by atoms with Gasteiger partial charge in [-0.3, -0.25) is 0 Å². The van der Waals surface area contributed by atoms with Crippen molar-refractivity contribution in [1.29, 1.82) is 0 Å². The highest BCUT2D eigenvalue weighted by molar-refractivity contribution is 4.91. The van der Waals surface area contributed by atoms with E-state index in [9.17, 15) is 0 Å². The first-order valence-electron chi connectivity index (χ1n) is 6.57. The molecular formula is C13H25N. The molecule has 2 saturated carbocycles. The summed E-state index contributed by atoms with van der Waals surface area (Å²) in [7, 11) is 0. The Hall–Kier alpha value is -0.0400. The van der Waals surface area contributed by atoms with Crippen molar-refractivity contribution in [3.8, 4) is 0 Å². The maximum absolute atomic E-state index is 5.81. The van der Waals surface area contributed by atoms with Crippen LogP contribution in [-0.2, 0) is 0 Å². The Bertz CT molecular complexity index is 159. The zero-order chi connectivity index (χ0) is 9.86. The SMILES string of the molecule is NCCC1(C2CCCC2)CCCCC1. The summed E-state index contributed by atoms with van der Waals surface area (Å²) in [6.45, 7) is 0.913. The van der Waals surface area contributed by atoms with Gasteiger partial charge in [-0.2, -0.15) is 0 Å². The molecule has 14 heavy (non-hydrogen) atoms. The molecule has 2 N–H and O–H groups in total. The first kappa shape index (κ1) is 10.5. The predicted octanol–water partition coefficient (Wildman–Crippen LogP) is 3.48. The minimum Gasteiger partial charge on any atom is -0.330 e. The van der Waals surface area contributed by atoms with Gasteiger partial charge in [0.15, 0.2) is 0 Å². The van der Waals surface area contributed by atoms with Crippen molar-refractivity contribution in [1.82, 2.24) is 0 Å². The molecular weight excluding hydrogens is 170 g/mol. The number of nitrogens with two attached hydrogens (primary N) is 1. The molecule has 0 unspecified atom stereocenters. The molecule has 0 radical (unpaired) electrons. The second-order valence-electron chi connectivity index (χ2n) is 5.44. The first-order valence-corrected chi connectivity index (χ1v) is 6.57. The molecule has 0 bridgehead atoms. The summed E-state index contributed by atoms with van der Waals surface area (Å²) >= 11 is 0. The van der Waals surface area contributed by atoms with Gasteiger partial charge in [-0.05, 0) is 50.0 Å². The maximum atomic E-state index is 5.81. The number of rotatable bonds is 3. The molecule has 2 aliphatic carbocycles. The highest BCUT2D eigenvalue weighted by Gasteiger charge is 2.39. The van der Waals surface area contributed by atoms with Crippen molar-refractivity contribution >= 4 is 0 Å². The highest BCUT2D eigenvalue weighted by atomic mass is 14.6. The lowest BCUT2D eigenvalue weighted by Gasteiger charge is -2.42. The van der Waals surface area contributed by atoms with Gasteiger partial charge in [-0.1, -0.05) is 32.1 Å². The third kappa shape index (κ3) is 1.98. The second-order valence-corrected chi connectivity index (χ2v) is 5.44. The first-order chi connectivity index (χ1) is 6.87. The summed E-state index contributed by atoms with van der Waals surface area (Å²) in [4.78, 5) is 0. The van der Waals surface area contributed by atoms with E-state index in [0.29, 0.717) is 5.41 Å². The van der Waals surface area contributed by atoms with Gasteiger partial charge < -0.3 is 5.73 Å². The molecule has 0 amide bonds. The number of hydrogen-bond donors (Lipinski definition) is 1. The van der Waals surface area contributed by atoms with Crippen molar-refractivity contribution in [2.75, 3.05) is 6.54 Å². The molecule has 2 rings (SSSR count). The van der Waals surface area contributed by atoms with Crippen molar-refractivity contribution in [3.05, 3.63) is 0 Å². The van der Waals surface area contributed by atoms with Crippen LogP contribution in [0.2, 0.25) is 0 Å². The molecule has 0 atom stereocenters. The lowest BCUT2D eigenvalue weighted by molar-refractivity contribution is 0.0900. The fourth-order valence-electron chi connectivity index (χ4n) is 3.94. The van der Waals surface area contributed by atoms with E-state index in [1.165, 1.54) is 64.2 Å². The Balaban J connectivity index is 2.02. The molecule has 0 heterocycles. The summed E-state index contributed by atoms with van der Waals surface area (Å²) in [6, 6.07) is 0. The molecule has 2 aliphatic rings. The monoisotopic (exact) mass is 195 g/mol. The van der Waals surface area contributed by atoms with E-state index in [2.05, 4.69) is 0 Å². The van der Waals surface area contributed by atoms with Crippen LogP contribution < -0.4 is 5.73 Å². The lowest BCUT2D eigenvalue weighted by atomic mass is 9.63. The maximum Gasteiger partial charge on any atom is -0.00719 e. The Morgan fingerprint density at radius 2 is 1.57 bits per heavy atom. The largest absolute Gasteiger partial charge is 0.330 e. The van der Waals surface area contributed by atoms with Gasteiger partial charge in [0.2, 0.25) is 0 Å². The summed E-state index contributed by atoms with van der Waals surface area (Å²) in [5.41, 5.74) is 6.50. The van der Waals surface area contributed by atoms with E-state index in [4.69, 9.17) is 5.73 Å². The summed E-state index contributed by atoms with van der Waals surface area (Å²) in [6.07, 6.45) is 14.6. The number of hydrogen-bond acceptors (Lipinski definition) is 1. The van der Waals surface area contributed by atoms with Crippen LogP contribution >= 0.6 is 0 Å². The normalized spacial score (nSPS) is 28.1. The lowest BCUT2D eigenvalue weighted by Crippen LogP contribution is -2.33. The van der Waals surface area contributed by atoms with Crippen LogP contribution in [0.5, 0.6) is 0 Å². The average Bonchev–Trinajstić information content (AvgIpc) is 2.73. The smallest absolute Gasteiger partial charge is 0.00719 e. The van der Waals surface area contributed by atoms with Crippen LogP contribution in [0.4, 0.5) is 0 Å². The van der Waals surface area contributed by atoms with Gasteiger partial charge in [-0.25, -0.2) is 0 Å². The van der Waals surface area contributed by atoms with Crippen LogP contribution in [0.15, 0.2) is 0 Å². The van der Waals surface area contributed by atoms with Crippen LogP contribution in [0.25, 0.3) is 0 Å². The van der Waals surface area contributed by atoms with Gasteiger partial charge in [0.05, 0.1) is 0 Å². The Morgan fingerprint density at radius 1 is 0.929 bits per heavy atom. The Labute approximate surface area is 88.4 Å². The van der Waals surface area contributed by atoms with Crippen molar-refractivity contribution in [2.24, 2.45) is 17.1 Å². The Morgan fingerprint density at radius 3 is 2.14 bits per heavy atom. The van der Waals surface area contributed by atoms with E-state index in [0.717, 1.165) is 12.5 Å². The molecule has 0 aromatic rings. The summed E-state index contributed by atoms with van der Waals surface area (Å²) < 4.78 is 0. The summed E-state index contributed by atoms with van der Waals surface area (Å²) in [5.74, 6) is 1.03. The average molecular weight is 195 g/mol. The van der Waals surface area contributed by atoms with Crippen molar-refractivity contribution in [2.45, 2.75) is 64.2 Å². The molecule has 0 saturated heterocycles. The van der Waals surface area contributed by atoms with Gasteiger partial charge >= 0.3 is 0 Å². The van der Waals surface area contributed by atoms with Gasteiger partial charge in [0.1, 0.15) is 0 Å². The van der Waals surface area contributed by atoms with Crippen LogP contribution in [0.1, 0.15) is 64.2 Å². The second kappa shape index (κ2) is 4.65. The van der Waals surface area contributed by atoms with Gasteiger partial charge in [-0.15, -0.1) is 0 Å². The van der Waals surface area contributed by atoms with E-state index < -0.39 is 0 Å². The highest BCUT2D eigenvalue weighted by Crippen LogP contribution is 2.50. The third-order valence-electron chi connectivity index (χ3n) is 4.71. The molecule has 0 aliphatic heterocycles. The van der Waals surface area contributed by atoms with Crippen molar-refractivity contribution < 1.29 is 0 Å². The van der Waals surface area contributed by atoms with E-state index in [1.54, 1.807) is 0 Å². The molecule has 1 heteroatoms. The van der Waals surface area contributed by atoms with Crippen molar-refractivity contribution in [3.63, 3.8) is 0 Å². The molecule has 0 aromatic carbocycles.